The molecule has 1 aromatic rings. The van der Waals surface area contributed by atoms with Gasteiger partial charge in [0.2, 0.25) is 5.95 Å². The number of hydrogen-bond acceptors (Lipinski definition) is 7. The molecule has 0 radical (unpaired) electrons. The Kier molecular flexibility index (Phi) is 5.92. The van der Waals surface area contributed by atoms with Gasteiger partial charge in [-0.15, -0.1) is 0 Å². The second kappa shape index (κ2) is 8.39. The number of aliphatic hydroxyl groups excluding tert-OH is 1. The lowest BCUT2D eigenvalue weighted by molar-refractivity contribution is 0.0819. The van der Waals surface area contributed by atoms with Gasteiger partial charge in [-0.1, -0.05) is 0 Å². The van der Waals surface area contributed by atoms with Crippen molar-refractivity contribution in [3.05, 3.63) is 17.5 Å². The van der Waals surface area contributed by atoms with E-state index >= 15 is 0 Å². The molecule has 27 heavy (non-hydrogen) atoms. The largest absolute Gasteiger partial charge is 0.389 e. The maximum Gasteiger partial charge on any atom is 0.225 e. The smallest absolute Gasteiger partial charge is 0.225 e. The van der Waals surface area contributed by atoms with Crippen LogP contribution in [0.4, 0.5) is 5.95 Å². The van der Waals surface area contributed by atoms with Crippen molar-refractivity contribution in [2.45, 2.75) is 51.3 Å². The van der Waals surface area contributed by atoms with Gasteiger partial charge in [0.05, 0.1) is 25.4 Å². The molecule has 0 saturated carbocycles. The first kappa shape index (κ1) is 19.1. The molecule has 0 amide bonds. The highest BCUT2D eigenvalue weighted by Gasteiger charge is 2.34. The van der Waals surface area contributed by atoms with E-state index in [1.165, 1.54) is 19.3 Å². The summed E-state index contributed by atoms with van der Waals surface area (Å²) >= 11 is 0. The summed E-state index contributed by atoms with van der Waals surface area (Å²) in [5.74, 6) is 0.892. The summed E-state index contributed by atoms with van der Waals surface area (Å²) in [4.78, 5) is 16.7. The average molecular weight is 376 g/mol. The van der Waals surface area contributed by atoms with Gasteiger partial charge in [-0.3, -0.25) is 9.80 Å². The summed E-state index contributed by atoms with van der Waals surface area (Å²) < 4.78 is 5.45. The fraction of sp³-hybridized carbons (Fsp3) is 0.800. The molecule has 0 aliphatic carbocycles. The van der Waals surface area contributed by atoms with Crippen LogP contribution in [0.2, 0.25) is 0 Å². The minimum Gasteiger partial charge on any atom is -0.389 e. The monoisotopic (exact) mass is 375 g/mol. The highest BCUT2D eigenvalue weighted by Crippen LogP contribution is 2.23. The van der Waals surface area contributed by atoms with Crippen LogP contribution >= 0.6 is 0 Å². The predicted octanol–water partition coefficient (Wildman–Crippen LogP) is 0.830. The Morgan fingerprint density at radius 3 is 2.26 bits per heavy atom. The van der Waals surface area contributed by atoms with E-state index in [4.69, 9.17) is 4.74 Å². The molecule has 0 unspecified atom stereocenters. The van der Waals surface area contributed by atoms with E-state index in [1.807, 2.05) is 19.9 Å². The number of piperidine rings is 1. The fourth-order valence-corrected chi connectivity index (χ4v) is 4.81. The SMILES string of the molecule is Cc1cc(C)nc(N2CCC(N3CCCN([C@H]4COC[C@@H]4O)CC3)CC2)n1. The highest BCUT2D eigenvalue weighted by molar-refractivity contribution is 5.32. The molecular weight excluding hydrogens is 342 g/mol. The molecule has 7 heteroatoms. The Bertz CT molecular complexity index is 615. The van der Waals surface area contributed by atoms with Gasteiger partial charge in [0.15, 0.2) is 0 Å². The molecule has 0 bridgehead atoms. The summed E-state index contributed by atoms with van der Waals surface area (Å²) in [6.07, 6.45) is 3.19. The van der Waals surface area contributed by atoms with Crippen molar-refractivity contribution in [3.8, 4) is 0 Å². The normalized spacial score (nSPS) is 29.2. The zero-order valence-corrected chi connectivity index (χ0v) is 16.7. The zero-order valence-electron chi connectivity index (χ0n) is 16.7. The second-order valence-corrected chi connectivity index (χ2v) is 8.27. The first-order chi connectivity index (χ1) is 13.1. The third-order valence-electron chi connectivity index (χ3n) is 6.29. The lowest BCUT2D eigenvalue weighted by Gasteiger charge is -2.38. The van der Waals surface area contributed by atoms with Crippen LogP contribution in [0.3, 0.4) is 0 Å². The second-order valence-electron chi connectivity index (χ2n) is 8.27. The predicted molar refractivity (Wildman–Crippen MR) is 105 cm³/mol. The molecule has 0 spiro atoms. The van der Waals surface area contributed by atoms with E-state index in [2.05, 4.69) is 24.7 Å². The number of anilines is 1. The Hall–Kier alpha value is -1.28. The first-order valence-corrected chi connectivity index (χ1v) is 10.4. The van der Waals surface area contributed by atoms with Crippen molar-refractivity contribution in [1.82, 2.24) is 19.8 Å². The van der Waals surface area contributed by atoms with E-state index in [9.17, 15) is 5.11 Å². The quantitative estimate of drug-likeness (QED) is 0.839. The van der Waals surface area contributed by atoms with Crippen molar-refractivity contribution < 1.29 is 9.84 Å². The minimum absolute atomic E-state index is 0.188. The van der Waals surface area contributed by atoms with Crippen molar-refractivity contribution in [3.63, 3.8) is 0 Å². The molecule has 150 valence electrons. The maximum absolute atomic E-state index is 10.1. The number of hydrogen-bond donors (Lipinski definition) is 1. The summed E-state index contributed by atoms with van der Waals surface area (Å²) in [7, 11) is 0. The van der Waals surface area contributed by atoms with Crippen LogP contribution in [-0.4, -0.2) is 95.5 Å². The molecule has 7 nitrogen and oxygen atoms in total. The van der Waals surface area contributed by atoms with Crippen LogP contribution in [-0.2, 0) is 4.74 Å². The number of nitrogens with zero attached hydrogens (tertiary/aromatic N) is 5. The molecule has 1 aromatic heterocycles. The van der Waals surface area contributed by atoms with Crippen molar-refractivity contribution in [1.29, 1.82) is 0 Å². The molecule has 4 rings (SSSR count). The molecule has 0 aromatic carbocycles. The maximum atomic E-state index is 10.1. The summed E-state index contributed by atoms with van der Waals surface area (Å²) in [5, 5.41) is 10.1. The fourth-order valence-electron chi connectivity index (χ4n) is 4.81. The number of aryl methyl sites for hydroxylation is 2. The number of rotatable bonds is 3. The van der Waals surface area contributed by atoms with E-state index < -0.39 is 0 Å². The molecule has 3 saturated heterocycles. The van der Waals surface area contributed by atoms with Gasteiger partial charge in [-0.25, -0.2) is 9.97 Å². The third kappa shape index (κ3) is 4.42. The van der Waals surface area contributed by atoms with Crippen LogP contribution in [0.15, 0.2) is 6.07 Å². The Morgan fingerprint density at radius 2 is 1.59 bits per heavy atom. The van der Waals surface area contributed by atoms with E-state index in [0.29, 0.717) is 19.3 Å². The van der Waals surface area contributed by atoms with Gasteiger partial charge in [-0.05, 0) is 52.3 Å². The average Bonchev–Trinajstić information content (AvgIpc) is 2.93. The minimum atomic E-state index is -0.322. The van der Waals surface area contributed by atoms with E-state index in [1.54, 1.807) is 0 Å². The van der Waals surface area contributed by atoms with Crippen LogP contribution in [0.1, 0.15) is 30.7 Å². The van der Waals surface area contributed by atoms with Gasteiger partial charge < -0.3 is 14.7 Å². The van der Waals surface area contributed by atoms with Crippen LogP contribution < -0.4 is 4.90 Å². The molecule has 2 atom stereocenters. The lowest BCUT2D eigenvalue weighted by Crippen LogP contribution is -2.48. The van der Waals surface area contributed by atoms with Crippen LogP contribution in [0.5, 0.6) is 0 Å². The number of aliphatic hydroxyl groups is 1. The van der Waals surface area contributed by atoms with Crippen LogP contribution in [0, 0.1) is 13.8 Å². The Labute approximate surface area is 162 Å². The van der Waals surface area contributed by atoms with E-state index in [0.717, 1.165) is 56.6 Å². The number of aromatic nitrogens is 2. The standard InChI is InChI=1S/C20H33N5O2/c1-15-12-16(2)22-20(21-15)25-8-4-17(5-9-25)23-6-3-7-24(11-10-23)18-13-27-14-19(18)26/h12,17-19,26H,3-11,13-14H2,1-2H3/t18-,19-/m0/s1. The van der Waals surface area contributed by atoms with Crippen molar-refractivity contribution in [2.24, 2.45) is 0 Å². The van der Waals surface area contributed by atoms with Gasteiger partial charge >= 0.3 is 0 Å². The molecule has 4 heterocycles. The number of ether oxygens (including phenoxy) is 1. The van der Waals surface area contributed by atoms with Crippen molar-refractivity contribution in [2.75, 3.05) is 57.4 Å². The van der Waals surface area contributed by atoms with E-state index in [-0.39, 0.29) is 12.1 Å². The lowest BCUT2D eigenvalue weighted by atomic mass is 10.0. The van der Waals surface area contributed by atoms with Crippen molar-refractivity contribution >= 4 is 5.95 Å². The highest BCUT2D eigenvalue weighted by atomic mass is 16.5. The Balaban J connectivity index is 1.30. The summed E-state index contributed by atoms with van der Waals surface area (Å²) in [6, 6.07) is 2.87. The van der Waals surface area contributed by atoms with Gasteiger partial charge in [-0.2, -0.15) is 0 Å². The molecule has 1 N–H and O–H groups in total. The zero-order chi connectivity index (χ0) is 18.8. The summed E-state index contributed by atoms with van der Waals surface area (Å²) in [5.41, 5.74) is 2.09. The Morgan fingerprint density at radius 1 is 0.926 bits per heavy atom. The summed E-state index contributed by atoms with van der Waals surface area (Å²) in [6.45, 7) is 11.7. The first-order valence-electron chi connectivity index (χ1n) is 10.4. The van der Waals surface area contributed by atoms with Gasteiger partial charge in [0.1, 0.15) is 0 Å². The molecule has 3 aliphatic heterocycles. The van der Waals surface area contributed by atoms with Gasteiger partial charge in [0.25, 0.3) is 0 Å². The molecule has 3 aliphatic rings. The van der Waals surface area contributed by atoms with Gasteiger partial charge in [0, 0.05) is 43.6 Å². The third-order valence-corrected chi connectivity index (χ3v) is 6.29. The molecule has 3 fully saturated rings. The topological polar surface area (TPSA) is 65.0 Å². The molecular formula is C20H33N5O2. The van der Waals surface area contributed by atoms with Crippen LogP contribution in [0.25, 0.3) is 0 Å².